The first kappa shape index (κ1) is 24.9. The number of guanidine groups is 1. The largest absolute Gasteiger partial charge is 0.381 e. The van der Waals surface area contributed by atoms with Crippen LogP contribution in [0.25, 0.3) is 0 Å². The van der Waals surface area contributed by atoms with E-state index >= 15 is 0 Å². The van der Waals surface area contributed by atoms with Crippen molar-refractivity contribution in [1.29, 1.82) is 0 Å². The number of ether oxygens (including phenoxy) is 1. The number of halogens is 1. The van der Waals surface area contributed by atoms with Gasteiger partial charge in [0, 0.05) is 58.3 Å². The highest BCUT2D eigenvalue weighted by Crippen LogP contribution is 2.20. The second-order valence-electron chi connectivity index (χ2n) is 8.40. The Hall–Kier alpha value is -1.39. The standard InChI is InChI=1S/C22H35N5O2.HI/c1-17-11-20(15-27(17)14-18-7-5-4-6-8-18)25-22(24-13-21(28)26(2)3)23-12-19-9-10-29-16-19;/h4-8,17,19-20H,9-16H2,1-3H3,(H2,23,24,25);1H. The topological polar surface area (TPSA) is 69.2 Å². The molecule has 0 aromatic heterocycles. The van der Waals surface area contributed by atoms with Gasteiger partial charge in [-0.05, 0) is 25.3 Å². The van der Waals surface area contributed by atoms with Gasteiger partial charge in [0.2, 0.25) is 5.91 Å². The Morgan fingerprint density at radius 2 is 2.07 bits per heavy atom. The highest BCUT2D eigenvalue weighted by Gasteiger charge is 2.29. The van der Waals surface area contributed by atoms with Crippen LogP contribution in [0.5, 0.6) is 0 Å². The zero-order chi connectivity index (χ0) is 20.6. The number of nitrogens with one attached hydrogen (secondary N) is 2. The van der Waals surface area contributed by atoms with Gasteiger partial charge in [0.15, 0.2) is 5.96 Å². The minimum atomic E-state index is 0. The van der Waals surface area contributed by atoms with Crippen LogP contribution >= 0.6 is 24.0 Å². The maximum atomic E-state index is 12.0. The number of benzene rings is 1. The van der Waals surface area contributed by atoms with E-state index < -0.39 is 0 Å². The van der Waals surface area contributed by atoms with Gasteiger partial charge in [-0.3, -0.25) is 9.69 Å². The predicted octanol–water partition coefficient (Wildman–Crippen LogP) is 1.93. The zero-order valence-corrected chi connectivity index (χ0v) is 20.7. The van der Waals surface area contributed by atoms with Gasteiger partial charge in [0.05, 0.1) is 6.61 Å². The molecule has 0 aliphatic carbocycles. The molecule has 3 unspecified atom stereocenters. The molecule has 2 aliphatic rings. The van der Waals surface area contributed by atoms with Gasteiger partial charge in [-0.1, -0.05) is 30.3 Å². The van der Waals surface area contributed by atoms with Crippen LogP contribution in [0.3, 0.4) is 0 Å². The number of likely N-dealkylation sites (N-methyl/N-ethyl adjacent to an activating group) is 1. The summed E-state index contributed by atoms with van der Waals surface area (Å²) in [4.78, 5) is 20.6. The first-order chi connectivity index (χ1) is 14.0. The SMILES string of the molecule is CC1CC(NC(=NCC(=O)N(C)C)NCC2CCOC2)CN1Cc1ccccc1.I. The van der Waals surface area contributed by atoms with E-state index in [9.17, 15) is 4.79 Å². The lowest BCUT2D eigenvalue weighted by atomic mass is 10.1. The molecule has 2 N–H and O–H groups in total. The Kier molecular flexibility index (Phi) is 10.3. The molecule has 1 amide bonds. The number of nitrogens with zero attached hydrogens (tertiary/aromatic N) is 3. The average Bonchev–Trinajstić information content (AvgIpc) is 3.34. The minimum Gasteiger partial charge on any atom is -0.381 e. The summed E-state index contributed by atoms with van der Waals surface area (Å²) in [7, 11) is 3.52. The lowest BCUT2D eigenvalue weighted by molar-refractivity contribution is -0.127. The highest BCUT2D eigenvalue weighted by atomic mass is 127. The third kappa shape index (κ3) is 7.70. The Bertz CT molecular complexity index is 679. The molecule has 0 saturated carbocycles. The molecule has 0 spiro atoms. The molecule has 7 nitrogen and oxygen atoms in total. The molecular weight excluding hydrogens is 493 g/mol. The number of carbonyl (C=O) groups is 1. The van der Waals surface area contributed by atoms with Crippen LogP contribution in [-0.2, 0) is 16.1 Å². The van der Waals surface area contributed by atoms with E-state index in [2.05, 4.69) is 57.8 Å². The molecule has 2 aliphatic heterocycles. The summed E-state index contributed by atoms with van der Waals surface area (Å²) in [5, 5.41) is 7.00. The smallest absolute Gasteiger partial charge is 0.243 e. The summed E-state index contributed by atoms with van der Waals surface area (Å²) in [6.45, 7) is 6.80. The van der Waals surface area contributed by atoms with Crippen molar-refractivity contribution in [3.63, 3.8) is 0 Å². The van der Waals surface area contributed by atoms with Crippen molar-refractivity contribution in [3.05, 3.63) is 35.9 Å². The summed E-state index contributed by atoms with van der Waals surface area (Å²) < 4.78 is 5.47. The number of hydrogen-bond acceptors (Lipinski definition) is 4. The molecule has 3 rings (SSSR count). The number of aliphatic imine (C=N–C) groups is 1. The fourth-order valence-corrected chi connectivity index (χ4v) is 3.86. The molecule has 2 saturated heterocycles. The molecule has 1 aromatic rings. The maximum Gasteiger partial charge on any atom is 0.243 e. The van der Waals surface area contributed by atoms with Crippen molar-refractivity contribution in [2.45, 2.75) is 38.4 Å². The lowest BCUT2D eigenvalue weighted by Gasteiger charge is -2.21. The van der Waals surface area contributed by atoms with Gasteiger partial charge >= 0.3 is 0 Å². The molecule has 8 heteroatoms. The van der Waals surface area contributed by atoms with Crippen molar-refractivity contribution in [1.82, 2.24) is 20.4 Å². The van der Waals surface area contributed by atoms with Crippen LogP contribution in [0.2, 0.25) is 0 Å². The Labute approximate surface area is 197 Å². The van der Waals surface area contributed by atoms with Gasteiger partial charge in [-0.2, -0.15) is 0 Å². The van der Waals surface area contributed by atoms with Crippen LogP contribution in [0.15, 0.2) is 35.3 Å². The average molecular weight is 529 g/mol. The van der Waals surface area contributed by atoms with Crippen LogP contribution in [0, 0.1) is 5.92 Å². The normalized spacial score (nSPS) is 24.4. The summed E-state index contributed by atoms with van der Waals surface area (Å²) in [6.07, 6.45) is 2.13. The summed E-state index contributed by atoms with van der Waals surface area (Å²) in [6, 6.07) is 11.4. The molecule has 0 bridgehead atoms. The number of amides is 1. The van der Waals surface area contributed by atoms with Crippen molar-refractivity contribution >= 4 is 35.8 Å². The van der Waals surface area contributed by atoms with Crippen LogP contribution in [-0.4, -0.2) is 80.7 Å². The molecule has 168 valence electrons. The number of rotatable bonds is 7. The van der Waals surface area contributed by atoms with Crippen LogP contribution < -0.4 is 10.6 Å². The summed E-state index contributed by atoms with van der Waals surface area (Å²) >= 11 is 0. The number of hydrogen-bond donors (Lipinski definition) is 2. The summed E-state index contributed by atoms with van der Waals surface area (Å²) in [5.74, 6) is 1.23. The second-order valence-corrected chi connectivity index (χ2v) is 8.40. The van der Waals surface area contributed by atoms with Crippen molar-refractivity contribution in [3.8, 4) is 0 Å². The fraction of sp³-hybridized carbons (Fsp3) is 0.636. The van der Waals surface area contributed by atoms with Gasteiger partial charge in [-0.15, -0.1) is 24.0 Å². The van der Waals surface area contributed by atoms with Crippen molar-refractivity contribution in [2.24, 2.45) is 10.9 Å². The molecule has 1 aromatic carbocycles. The quantitative estimate of drug-likeness (QED) is 0.321. The predicted molar refractivity (Wildman–Crippen MR) is 131 cm³/mol. The van der Waals surface area contributed by atoms with E-state index in [1.807, 2.05) is 0 Å². The highest BCUT2D eigenvalue weighted by molar-refractivity contribution is 14.0. The minimum absolute atomic E-state index is 0. The zero-order valence-electron chi connectivity index (χ0n) is 18.3. The fourth-order valence-electron chi connectivity index (χ4n) is 3.86. The van der Waals surface area contributed by atoms with Crippen molar-refractivity contribution < 1.29 is 9.53 Å². The monoisotopic (exact) mass is 529 g/mol. The molecule has 2 heterocycles. The van der Waals surface area contributed by atoms with E-state index in [0.29, 0.717) is 18.0 Å². The van der Waals surface area contributed by atoms with E-state index in [4.69, 9.17) is 4.74 Å². The van der Waals surface area contributed by atoms with Gasteiger partial charge in [0.25, 0.3) is 0 Å². The third-order valence-corrected chi connectivity index (χ3v) is 5.73. The van der Waals surface area contributed by atoms with E-state index in [1.54, 1.807) is 19.0 Å². The molecule has 2 fully saturated rings. The number of carbonyl (C=O) groups excluding carboxylic acids is 1. The van der Waals surface area contributed by atoms with Crippen LogP contribution in [0.1, 0.15) is 25.3 Å². The molecular formula is C22H36IN5O2. The summed E-state index contributed by atoms with van der Waals surface area (Å²) in [5.41, 5.74) is 1.34. The van der Waals surface area contributed by atoms with Crippen LogP contribution in [0.4, 0.5) is 0 Å². The van der Waals surface area contributed by atoms with E-state index in [1.165, 1.54) is 5.56 Å². The van der Waals surface area contributed by atoms with Gasteiger partial charge in [0.1, 0.15) is 6.54 Å². The number of likely N-dealkylation sites (tertiary alicyclic amines) is 1. The van der Waals surface area contributed by atoms with E-state index in [0.717, 1.165) is 51.6 Å². The van der Waals surface area contributed by atoms with Crippen molar-refractivity contribution in [2.75, 3.05) is 46.9 Å². The first-order valence-electron chi connectivity index (χ1n) is 10.6. The van der Waals surface area contributed by atoms with E-state index in [-0.39, 0.29) is 36.4 Å². The Morgan fingerprint density at radius 3 is 2.73 bits per heavy atom. The first-order valence-corrected chi connectivity index (χ1v) is 10.6. The Balaban J connectivity index is 0.00000320. The maximum absolute atomic E-state index is 12.0. The van der Waals surface area contributed by atoms with Gasteiger partial charge < -0.3 is 20.3 Å². The third-order valence-electron chi connectivity index (χ3n) is 5.73. The lowest BCUT2D eigenvalue weighted by Crippen LogP contribution is -2.46. The molecule has 3 atom stereocenters. The second kappa shape index (κ2) is 12.5. The Morgan fingerprint density at radius 1 is 1.30 bits per heavy atom. The molecule has 30 heavy (non-hydrogen) atoms. The van der Waals surface area contributed by atoms with Gasteiger partial charge in [-0.25, -0.2) is 4.99 Å². The molecule has 0 radical (unpaired) electrons.